The van der Waals surface area contributed by atoms with Crippen molar-refractivity contribution in [2.75, 3.05) is 0 Å². The van der Waals surface area contributed by atoms with Crippen LogP contribution in [0.3, 0.4) is 0 Å². The molecule has 1 rings (SSSR count). The van der Waals surface area contributed by atoms with Crippen LogP contribution in [0.15, 0.2) is 26.6 Å². The fraction of sp³-hybridized carbons (Fsp3) is 0.200. The molecule has 16 heavy (non-hydrogen) atoms. The van der Waals surface area contributed by atoms with E-state index < -0.39 is 0 Å². The summed E-state index contributed by atoms with van der Waals surface area (Å²) in [5, 5.41) is 0.437. The third-order valence-corrected chi connectivity index (χ3v) is 3.10. The van der Waals surface area contributed by atoms with Crippen molar-refractivity contribution in [2.24, 2.45) is 9.98 Å². The molecule has 0 N–H and O–H groups in total. The molecule has 6 heteroatoms. The van der Waals surface area contributed by atoms with E-state index in [-0.39, 0.29) is 13.1 Å². The maximum atomic E-state index is 10.0. The van der Waals surface area contributed by atoms with Crippen molar-refractivity contribution in [2.45, 2.75) is 13.1 Å². The Bertz CT molecular complexity index is 492. The van der Waals surface area contributed by atoms with Gasteiger partial charge in [-0.3, -0.25) is 0 Å². The van der Waals surface area contributed by atoms with Gasteiger partial charge in [0.25, 0.3) is 0 Å². The lowest BCUT2D eigenvalue weighted by Gasteiger charge is -2.07. The Labute approximate surface area is 105 Å². The van der Waals surface area contributed by atoms with E-state index in [2.05, 4.69) is 25.9 Å². The van der Waals surface area contributed by atoms with Crippen LogP contribution in [-0.4, -0.2) is 12.2 Å². The lowest BCUT2D eigenvalue weighted by Crippen LogP contribution is -1.92. The third-order valence-electron chi connectivity index (χ3n) is 1.88. The monoisotopic (exact) mass is 300 g/mol. The molecule has 0 spiro atoms. The number of hydrogen-bond donors (Lipinski definition) is 0. The zero-order valence-corrected chi connectivity index (χ0v) is 10.4. The summed E-state index contributed by atoms with van der Waals surface area (Å²) in [6.07, 6.45) is 2.88. The minimum absolute atomic E-state index is 0.140. The predicted molar refractivity (Wildman–Crippen MR) is 62.8 cm³/mol. The fourth-order valence-electron chi connectivity index (χ4n) is 1.14. The summed E-state index contributed by atoms with van der Waals surface area (Å²) < 4.78 is 0.746. The normalized spacial score (nSPS) is 9.12. The molecule has 1 aromatic carbocycles. The average molecular weight is 302 g/mol. The number of hydrogen-bond acceptors (Lipinski definition) is 4. The van der Waals surface area contributed by atoms with Crippen LogP contribution >= 0.6 is 27.5 Å². The largest absolute Gasteiger partial charge is 0.235 e. The summed E-state index contributed by atoms with van der Waals surface area (Å²) in [5.41, 5.74) is 1.35. The van der Waals surface area contributed by atoms with Gasteiger partial charge in [-0.2, -0.15) is 0 Å². The number of aliphatic imine (C=N–C) groups is 2. The van der Waals surface area contributed by atoms with Gasteiger partial charge in [0.15, 0.2) is 0 Å². The molecule has 82 valence electrons. The highest BCUT2D eigenvalue weighted by molar-refractivity contribution is 9.10. The average Bonchev–Trinajstić information content (AvgIpc) is 2.28. The molecule has 0 unspecified atom stereocenters. The SMILES string of the molecule is O=C=NCc1ccc(Br)c(CN=C=O)c1Cl. The predicted octanol–water partition coefficient (Wildman–Crippen LogP) is 2.77. The van der Waals surface area contributed by atoms with Crippen LogP contribution in [0.1, 0.15) is 11.1 Å². The van der Waals surface area contributed by atoms with Crippen LogP contribution in [-0.2, 0) is 22.7 Å². The van der Waals surface area contributed by atoms with E-state index in [1.54, 1.807) is 12.1 Å². The molecule has 1 aromatic rings. The fourth-order valence-corrected chi connectivity index (χ4v) is 2.00. The van der Waals surface area contributed by atoms with Crippen molar-refractivity contribution in [1.82, 2.24) is 0 Å². The molecule has 0 aliphatic heterocycles. The molecule has 0 aromatic heterocycles. The van der Waals surface area contributed by atoms with E-state index in [1.165, 1.54) is 12.2 Å². The Kier molecular flexibility index (Phi) is 5.09. The van der Waals surface area contributed by atoms with Crippen molar-refractivity contribution < 1.29 is 9.59 Å². The number of rotatable bonds is 4. The third kappa shape index (κ3) is 3.12. The van der Waals surface area contributed by atoms with Gasteiger partial charge in [0.2, 0.25) is 12.2 Å². The van der Waals surface area contributed by atoms with Gasteiger partial charge in [-0.15, -0.1) is 0 Å². The van der Waals surface area contributed by atoms with E-state index >= 15 is 0 Å². The summed E-state index contributed by atoms with van der Waals surface area (Å²) in [4.78, 5) is 26.9. The van der Waals surface area contributed by atoms with Crippen LogP contribution in [0.4, 0.5) is 0 Å². The number of carbonyl (C=O) groups excluding carboxylic acids is 2. The molecule has 4 nitrogen and oxygen atoms in total. The van der Waals surface area contributed by atoms with Crippen LogP contribution in [0.5, 0.6) is 0 Å². The number of benzene rings is 1. The number of nitrogens with zero attached hydrogens (tertiary/aromatic N) is 2. The zero-order valence-electron chi connectivity index (χ0n) is 8.04. The molecule has 0 saturated carbocycles. The van der Waals surface area contributed by atoms with Crippen molar-refractivity contribution in [3.05, 3.63) is 32.8 Å². The maximum absolute atomic E-state index is 10.0. The first kappa shape index (κ1) is 12.8. The van der Waals surface area contributed by atoms with Crippen LogP contribution in [0, 0.1) is 0 Å². The van der Waals surface area contributed by atoms with Gasteiger partial charge in [-0.1, -0.05) is 33.6 Å². The quantitative estimate of drug-likeness (QED) is 0.634. The van der Waals surface area contributed by atoms with Gasteiger partial charge in [0, 0.05) is 10.0 Å². The summed E-state index contributed by atoms with van der Waals surface area (Å²) in [7, 11) is 0. The van der Waals surface area contributed by atoms with Gasteiger partial charge in [0.1, 0.15) is 0 Å². The lowest BCUT2D eigenvalue weighted by atomic mass is 10.1. The van der Waals surface area contributed by atoms with Crippen LogP contribution in [0.25, 0.3) is 0 Å². The van der Waals surface area contributed by atoms with E-state index in [0.717, 1.165) is 4.47 Å². The molecule has 0 amide bonds. The van der Waals surface area contributed by atoms with Crippen molar-refractivity contribution in [1.29, 1.82) is 0 Å². The van der Waals surface area contributed by atoms with Gasteiger partial charge in [-0.05, 0) is 11.6 Å². The van der Waals surface area contributed by atoms with Crippen LogP contribution < -0.4 is 0 Å². The summed E-state index contributed by atoms with van der Waals surface area (Å²) in [6, 6.07) is 3.50. The zero-order chi connectivity index (χ0) is 12.0. The van der Waals surface area contributed by atoms with Crippen molar-refractivity contribution in [3.63, 3.8) is 0 Å². The number of isocyanates is 2. The minimum Gasteiger partial charge on any atom is -0.211 e. The Morgan fingerprint density at radius 3 is 2.44 bits per heavy atom. The molecule has 0 bridgehead atoms. The van der Waals surface area contributed by atoms with Gasteiger partial charge in [-0.25, -0.2) is 19.6 Å². The second-order valence-corrected chi connectivity index (χ2v) is 4.05. The first-order chi connectivity index (χ1) is 7.70. The number of halogens is 2. The summed E-state index contributed by atoms with van der Waals surface area (Å²) in [5.74, 6) is 0. The van der Waals surface area contributed by atoms with Crippen molar-refractivity contribution >= 4 is 39.7 Å². The van der Waals surface area contributed by atoms with Crippen LogP contribution in [0.2, 0.25) is 5.02 Å². The molecular weight excluding hydrogens is 295 g/mol. The highest BCUT2D eigenvalue weighted by atomic mass is 79.9. The van der Waals surface area contributed by atoms with Gasteiger partial charge < -0.3 is 0 Å². The molecule has 0 fully saturated rings. The Hall–Kier alpha value is -1.25. The second-order valence-electron chi connectivity index (χ2n) is 2.81. The van der Waals surface area contributed by atoms with Gasteiger partial charge >= 0.3 is 0 Å². The van der Waals surface area contributed by atoms with Gasteiger partial charge in [0.05, 0.1) is 18.1 Å². The molecular formula is C10H6BrClN2O2. The lowest BCUT2D eigenvalue weighted by molar-refractivity contribution is 0.562. The van der Waals surface area contributed by atoms with Crippen molar-refractivity contribution in [3.8, 4) is 0 Å². The Morgan fingerprint density at radius 1 is 1.19 bits per heavy atom. The van der Waals surface area contributed by atoms with E-state index in [1.807, 2.05) is 0 Å². The molecule has 0 heterocycles. The first-order valence-corrected chi connectivity index (χ1v) is 5.40. The van der Waals surface area contributed by atoms with E-state index in [4.69, 9.17) is 11.6 Å². The summed E-state index contributed by atoms with van der Waals surface area (Å²) >= 11 is 9.37. The molecule has 0 aliphatic rings. The molecule has 0 atom stereocenters. The summed E-state index contributed by atoms with van der Waals surface area (Å²) in [6.45, 7) is 0.301. The highest BCUT2D eigenvalue weighted by Gasteiger charge is 2.09. The van der Waals surface area contributed by atoms with E-state index in [0.29, 0.717) is 16.1 Å². The maximum Gasteiger partial charge on any atom is 0.235 e. The minimum atomic E-state index is 0.140. The highest BCUT2D eigenvalue weighted by Crippen LogP contribution is 2.29. The Balaban J connectivity index is 3.14. The molecule has 0 aliphatic carbocycles. The standard InChI is InChI=1S/C10H6BrClN2O2/c11-9-2-1-7(3-13-5-15)10(12)8(9)4-14-6-16/h1-2H,3-4H2. The molecule has 0 radical (unpaired) electrons. The molecule has 0 saturated heterocycles. The topological polar surface area (TPSA) is 58.9 Å². The van der Waals surface area contributed by atoms with E-state index in [9.17, 15) is 9.59 Å². The first-order valence-electron chi connectivity index (χ1n) is 4.23. The smallest absolute Gasteiger partial charge is 0.211 e. The second kappa shape index (κ2) is 6.36. The Morgan fingerprint density at radius 2 is 1.81 bits per heavy atom.